The van der Waals surface area contributed by atoms with Crippen LogP contribution in [-0.4, -0.2) is 6.54 Å². The van der Waals surface area contributed by atoms with Crippen molar-refractivity contribution in [3.63, 3.8) is 0 Å². The van der Waals surface area contributed by atoms with E-state index >= 15 is 0 Å². The van der Waals surface area contributed by atoms with Gasteiger partial charge in [-0.15, -0.1) is 0 Å². The lowest BCUT2D eigenvalue weighted by atomic mass is 10.3. The molecule has 70 valence electrons. The normalized spacial score (nSPS) is 9.77. The summed E-state index contributed by atoms with van der Waals surface area (Å²) in [7, 11) is 0. The molecule has 0 saturated carbocycles. The Hall–Kier alpha value is -0.660. The van der Waals surface area contributed by atoms with Crippen molar-refractivity contribution in [3.05, 3.63) is 40.4 Å². The minimum atomic E-state index is 0.636. The largest absolute Gasteiger partial charge is 0.381 e. The highest BCUT2D eigenvalue weighted by molar-refractivity contribution is 6.35. The molecule has 0 spiro atoms. The Balaban J connectivity index is 2.71. The van der Waals surface area contributed by atoms with E-state index < -0.39 is 0 Å². The summed E-state index contributed by atoms with van der Waals surface area (Å²) in [4.78, 5) is 0. The Morgan fingerprint density at radius 3 is 2.31 bits per heavy atom. The molecule has 0 fully saturated rings. The van der Waals surface area contributed by atoms with Crippen LogP contribution in [0.2, 0.25) is 10.0 Å². The molecule has 13 heavy (non-hydrogen) atoms. The molecule has 3 heteroatoms. The predicted octanol–water partition coefficient (Wildman–Crippen LogP) is 3.98. The van der Waals surface area contributed by atoms with Gasteiger partial charge < -0.3 is 5.32 Å². The maximum absolute atomic E-state index is 5.82. The third kappa shape index (κ3) is 3.71. The van der Waals surface area contributed by atoms with E-state index in [2.05, 4.69) is 11.9 Å². The van der Waals surface area contributed by atoms with Crippen LogP contribution < -0.4 is 5.32 Å². The van der Waals surface area contributed by atoms with Crippen LogP contribution in [0, 0.1) is 0 Å². The Bertz CT molecular complexity index is 300. The Morgan fingerprint density at radius 2 is 1.85 bits per heavy atom. The first-order valence-corrected chi connectivity index (χ1v) is 4.68. The van der Waals surface area contributed by atoms with Crippen molar-refractivity contribution in [2.24, 2.45) is 0 Å². The van der Waals surface area contributed by atoms with E-state index in [4.69, 9.17) is 23.2 Å². The molecule has 0 aliphatic carbocycles. The fraction of sp³-hybridized carbons (Fsp3) is 0.200. The summed E-state index contributed by atoms with van der Waals surface area (Å²) in [5.41, 5.74) is 1.98. The lowest BCUT2D eigenvalue weighted by Crippen LogP contribution is -2.01. The molecule has 0 saturated heterocycles. The Morgan fingerprint density at radius 1 is 1.31 bits per heavy atom. The van der Waals surface area contributed by atoms with E-state index in [0.717, 1.165) is 17.8 Å². The predicted molar refractivity (Wildman–Crippen MR) is 59.8 cm³/mol. The van der Waals surface area contributed by atoms with Gasteiger partial charge in [-0.05, 0) is 25.1 Å². The summed E-state index contributed by atoms with van der Waals surface area (Å²) in [5, 5.41) is 4.43. The summed E-state index contributed by atoms with van der Waals surface area (Å²) < 4.78 is 0. The first-order chi connectivity index (χ1) is 6.08. The lowest BCUT2D eigenvalue weighted by molar-refractivity contribution is 1.22. The number of hydrogen-bond acceptors (Lipinski definition) is 1. The fourth-order valence-corrected chi connectivity index (χ4v) is 1.43. The molecule has 0 radical (unpaired) electrons. The molecule has 1 rings (SSSR count). The van der Waals surface area contributed by atoms with Crippen molar-refractivity contribution in [2.45, 2.75) is 6.92 Å². The van der Waals surface area contributed by atoms with Crippen molar-refractivity contribution < 1.29 is 0 Å². The molecule has 1 nitrogen and oxygen atoms in total. The van der Waals surface area contributed by atoms with Gasteiger partial charge in [0.25, 0.3) is 0 Å². The summed E-state index contributed by atoms with van der Waals surface area (Å²) >= 11 is 11.6. The van der Waals surface area contributed by atoms with Gasteiger partial charge in [0.2, 0.25) is 0 Å². The van der Waals surface area contributed by atoms with Gasteiger partial charge in [0.05, 0.1) is 0 Å². The summed E-state index contributed by atoms with van der Waals surface area (Å²) in [5.74, 6) is 0. The quantitative estimate of drug-likeness (QED) is 0.753. The third-order valence-corrected chi connectivity index (χ3v) is 1.89. The van der Waals surface area contributed by atoms with E-state index in [0.29, 0.717) is 10.0 Å². The molecule has 1 aromatic carbocycles. The zero-order chi connectivity index (χ0) is 9.84. The molecule has 0 aromatic heterocycles. The van der Waals surface area contributed by atoms with Gasteiger partial charge in [0.15, 0.2) is 0 Å². The zero-order valence-electron chi connectivity index (χ0n) is 7.40. The lowest BCUT2D eigenvalue weighted by Gasteiger charge is -2.06. The van der Waals surface area contributed by atoms with Gasteiger partial charge in [-0.25, -0.2) is 0 Å². The summed E-state index contributed by atoms with van der Waals surface area (Å²) in [6.45, 7) is 6.48. The number of benzene rings is 1. The molecule has 1 N–H and O–H groups in total. The van der Waals surface area contributed by atoms with Crippen LogP contribution in [0.5, 0.6) is 0 Å². The fourth-order valence-electron chi connectivity index (χ4n) is 0.909. The van der Waals surface area contributed by atoms with Gasteiger partial charge in [0, 0.05) is 22.3 Å². The van der Waals surface area contributed by atoms with Crippen molar-refractivity contribution >= 4 is 28.9 Å². The second-order valence-corrected chi connectivity index (χ2v) is 3.84. The highest BCUT2D eigenvalue weighted by Gasteiger charge is 1.96. The summed E-state index contributed by atoms with van der Waals surface area (Å²) in [6, 6.07) is 5.36. The van der Waals surface area contributed by atoms with Gasteiger partial charge in [-0.3, -0.25) is 0 Å². The van der Waals surface area contributed by atoms with Crippen molar-refractivity contribution in [2.75, 3.05) is 11.9 Å². The number of halogens is 2. The smallest absolute Gasteiger partial charge is 0.0441 e. The maximum atomic E-state index is 5.82. The van der Waals surface area contributed by atoms with Gasteiger partial charge in [-0.2, -0.15) is 0 Å². The minimum absolute atomic E-state index is 0.636. The molecule has 0 unspecified atom stereocenters. The molecule has 0 atom stereocenters. The molecule has 0 aliphatic rings. The molecule has 1 aromatic rings. The molecular formula is C10H11Cl2N. The van der Waals surface area contributed by atoms with Gasteiger partial charge >= 0.3 is 0 Å². The van der Waals surface area contributed by atoms with Crippen molar-refractivity contribution in [1.29, 1.82) is 0 Å². The molecular weight excluding hydrogens is 205 g/mol. The van der Waals surface area contributed by atoms with E-state index in [1.807, 2.05) is 19.1 Å². The first-order valence-electron chi connectivity index (χ1n) is 3.92. The molecule has 0 bridgehead atoms. The molecule has 0 heterocycles. The first kappa shape index (κ1) is 10.4. The van der Waals surface area contributed by atoms with Gasteiger partial charge in [-0.1, -0.05) is 35.4 Å². The van der Waals surface area contributed by atoms with Crippen LogP contribution in [-0.2, 0) is 0 Å². The molecule has 0 aliphatic heterocycles. The highest BCUT2D eigenvalue weighted by Crippen LogP contribution is 2.22. The molecule has 0 amide bonds. The SMILES string of the molecule is C=C(C)CNc1cc(Cl)cc(Cl)c1. The van der Waals surface area contributed by atoms with Crippen LogP contribution in [0.1, 0.15) is 6.92 Å². The Labute approximate surface area is 88.4 Å². The maximum Gasteiger partial charge on any atom is 0.0441 e. The standard InChI is InChI=1S/C10H11Cl2N/c1-7(2)6-13-10-4-8(11)3-9(12)5-10/h3-5,13H,1,6H2,2H3. The second kappa shape index (κ2) is 4.54. The van der Waals surface area contributed by atoms with Crippen LogP contribution >= 0.6 is 23.2 Å². The second-order valence-electron chi connectivity index (χ2n) is 2.97. The van der Waals surface area contributed by atoms with Crippen molar-refractivity contribution in [3.8, 4) is 0 Å². The van der Waals surface area contributed by atoms with Crippen LogP contribution in [0.15, 0.2) is 30.4 Å². The number of rotatable bonds is 3. The third-order valence-electron chi connectivity index (χ3n) is 1.46. The van der Waals surface area contributed by atoms with Crippen molar-refractivity contribution in [1.82, 2.24) is 0 Å². The Kier molecular flexibility index (Phi) is 3.64. The van der Waals surface area contributed by atoms with E-state index in [1.54, 1.807) is 6.07 Å². The van der Waals surface area contributed by atoms with E-state index in [9.17, 15) is 0 Å². The number of anilines is 1. The van der Waals surface area contributed by atoms with Crippen LogP contribution in [0.4, 0.5) is 5.69 Å². The highest BCUT2D eigenvalue weighted by atomic mass is 35.5. The zero-order valence-corrected chi connectivity index (χ0v) is 8.91. The van der Waals surface area contributed by atoms with Crippen LogP contribution in [0.25, 0.3) is 0 Å². The van der Waals surface area contributed by atoms with E-state index in [-0.39, 0.29) is 0 Å². The van der Waals surface area contributed by atoms with Crippen LogP contribution in [0.3, 0.4) is 0 Å². The summed E-state index contributed by atoms with van der Waals surface area (Å²) in [6.07, 6.45) is 0. The average Bonchev–Trinajstić information content (AvgIpc) is 1.99. The number of nitrogens with one attached hydrogen (secondary N) is 1. The topological polar surface area (TPSA) is 12.0 Å². The average molecular weight is 216 g/mol. The monoisotopic (exact) mass is 215 g/mol. The number of hydrogen-bond donors (Lipinski definition) is 1. The van der Waals surface area contributed by atoms with Gasteiger partial charge in [0.1, 0.15) is 0 Å². The van der Waals surface area contributed by atoms with E-state index in [1.165, 1.54) is 0 Å². The minimum Gasteiger partial charge on any atom is -0.381 e.